The molecule has 1 aliphatic heterocycles. The van der Waals surface area contributed by atoms with E-state index in [0.29, 0.717) is 36.0 Å². The molecule has 2 amide bonds. The van der Waals surface area contributed by atoms with Crippen molar-refractivity contribution in [2.75, 3.05) is 36.6 Å². The molecule has 0 spiro atoms. The molecule has 7 heteroatoms. The third-order valence-corrected chi connectivity index (χ3v) is 5.27. The van der Waals surface area contributed by atoms with Crippen LogP contribution < -0.4 is 24.4 Å². The highest BCUT2D eigenvalue weighted by molar-refractivity contribution is 5.99. The molecule has 1 heterocycles. The molecule has 0 aromatic heterocycles. The Morgan fingerprint density at radius 3 is 2.52 bits per heavy atom. The number of carbonyl (C=O) groups excluding carboxylic acids is 2. The predicted octanol–water partition coefficient (Wildman–Crippen LogP) is 4.13. The molecule has 0 fully saturated rings. The number of anilines is 2. The number of carbonyl (C=O) groups is 2. The normalized spacial score (nSPS) is 12.5. The number of rotatable bonds is 8. The molecule has 0 radical (unpaired) electrons. The second kappa shape index (κ2) is 10.1. The van der Waals surface area contributed by atoms with Crippen molar-refractivity contribution in [2.45, 2.75) is 13.8 Å². The maximum atomic E-state index is 12.5. The van der Waals surface area contributed by atoms with E-state index in [1.807, 2.05) is 62.4 Å². The largest absolute Gasteiger partial charge is 0.492 e. The molecule has 3 aromatic carbocycles. The van der Waals surface area contributed by atoms with E-state index in [1.54, 1.807) is 23.1 Å². The summed E-state index contributed by atoms with van der Waals surface area (Å²) in [5.74, 6) is 1.57. The summed E-state index contributed by atoms with van der Waals surface area (Å²) in [6.45, 7) is 4.42. The van der Waals surface area contributed by atoms with Gasteiger partial charge < -0.3 is 24.4 Å². The zero-order valence-electron chi connectivity index (χ0n) is 18.7. The van der Waals surface area contributed by atoms with Crippen LogP contribution in [0.15, 0.2) is 66.7 Å². The minimum atomic E-state index is -0.292. The van der Waals surface area contributed by atoms with Gasteiger partial charge in [-0.15, -0.1) is 0 Å². The van der Waals surface area contributed by atoms with Gasteiger partial charge in [-0.1, -0.05) is 36.4 Å². The summed E-state index contributed by atoms with van der Waals surface area (Å²) < 4.78 is 17.0. The first kappa shape index (κ1) is 22.2. The Balaban J connectivity index is 1.40. The molecule has 3 aromatic rings. The van der Waals surface area contributed by atoms with Crippen LogP contribution in [0.25, 0.3) is 0 Å². The molecular weight excluding hydrogens is 420 g/mol. The molecule has 0 unspecified atom stereocenters. The summed E-state index contributed by atoms with van der Waals surface area (Å²) >= 11 is 0. The number of aryl methyl sites for hydroxylation is 2. The van der Waals surface area contributed by atoms with E-state index in [2.05, 4.69) is 5.32 Å². The van der Waals surface area contributed by atoms with Crippen molar-refractivity contribution < 1.29 is 23.8 Å². The van der Waals surface area contributed by atoms with E-state index in [9.17, 15) is 9.59 Å². The molecule has 0 aliphatic carbocycles. The lowest BCUT2D eigenvalue weighted by Crippen LogP contribution is -2.41. The number of benzene rings is 3. The van der Waals surface area contributed by atoms with E-state index in [-0.39, 0.29) is 25.0 Å². The number of para-hydroxylation sites is 2. The lowest BCUT2D eigenvalue weighted by molar-refractivity contribution is -0.121. The number of amides is 2. The maximum Gasteiger partial charge on any atom is 0.265 e. The number of hydrogen-bond acceptors (Lipinski definition) is 5. The van der Waals surface area contributed by atoms with Gasteiger partial charge in [0.2, 0.25) is 0 Å². The highest BCUT2D eigenvalue weighted by atomic mass is 16.5. The molecule has 0 saturated heterocycles. The molecule has 1 N–H and O–H groups in total. The van der Waals surface area contributed by atoms with Gasteiger partial charge in [0.15, 0.2) is 13.2 Å². The SMILES string of the molecule is Cc1cccc(C)c1OCC(=O)Nc1ccc2c(c1)N(CCOc1ccccc1)C(=O)CO2. The van der Waals surface area contributed by atoms with E-state index in [4.69, 9.17) is 14.2 Å². The first-order valence-electron chi connectivity index (χ1n) is 10.7. The Kier molecular flexibility index (Phi) is 6.78. The minimum Gasteiger partial charge on any atom is -0.492 e. The highest BCUT2D eigenvalue weighted by Crippen LogP contribution is 2.34. The Labute approximate surface area is 192 Å². The van der Waals surface area contributed by atoms with Crippen molar-refractivity contribution in [1.29, 1.82) is 0 Å². The molecular formula is C26H26N2O5. The van der Waals surface area contributed by atoms with E-state index < -0.39 is 0 Å². The smallest absolute Gasteiger partial charge is 0.265 e. The number of nitrogens with one attached hydrogen (secondary N) is 1. The van der Waals surface area contributed by atoms with Gasteiger partial charge in [-0.05, 0) is 55.3 Å². The number of hydrogen-bond donors (Lipinski definition) is 1. The van der Waals surface area contributed by atoms with Crippen molar-refractivity contribution in [3.63, 3.8) is 0 Å². The zero-order valence-corrected chi connectivity index (χ0v) is 18.7. The monoisotopic (exact) mass is 446 g/mol. The lowest BCUT2D eigenvalue weighted by atomic mass is 10.1. The third-order valence-electron chi connectivity index (χ3n) is 5.27. The lowest BCUT2D eigenvalue weighted by Gasteiger charge is -2.29. The van der Waals surface area contributed by atoms with Crippen LogP contribution in [0.5, 0.6) is 17.2 Å². The molecule has 4 rings (SSSR count). The number of nitrogens with zero attached hydrogens (tertiary/aromatic N) is 1. The Bertz CT molecular complexity index is 1130. The second-order valence-corrected chi connectivity index (χ2v) is 7.74. The van der Waals surface area contributed by atoms with Crippen LogP contribution in [-0.2, 0) is 9.59 Å². The summed E-state index contributed by atoms with van der Waals surface area (Å²) in [5.41, 5.74) is 3.09. The summed E-state index contributed by atoms with van der Waals surface area (Å²) in [7, 11) is 0. The summed E-state index contributed by atoms with van der Waals surface area (Å²) in [6.07, 6.45) is 0. The van der Waals surface area contributed by atoms with Gasteiger partial charge in [0.05, 0.1) is 12.2 Å². The molecule has 7 nitrogen and oxygen atoms in total. The van der Waals surface area contributed by atoms with Gasteiger partial charge in [0.25, 0.3) is 11.8 Å². The van der Waals surface area contributed by atoms with Crippen molar-refractivity contribution in [3.05, 3.63) is 77.9 Å². The molecule has 0 atom stereocenters. The number of fused-ring (bicyclic) bond motifs is 1. The summed E-state index contributed by atoms with van der Waals surface area (Å²) in [4.78, 5) is 26.6. The van der Waals surface area contributed by atoms with Crippen molar-refractivity contribution in [1.82, 2.24) is 0 Å². The van der Waals surface area contributed by atoms with Crippen molar-refractivity contribution >= 4 is 23.2 Å². The minimum absolute atomic E-state index is 0.0341. The second-order valence-electron chi connectivity index (χ2n) is 7.74. The van der Waals surface area contributed by atoms with Crippen molar-refractivity contribution in [3.8, 4) is 17.2 Å². The van der Waals surface area contributed by atoms with Gasteiger partial charge in [0.1, 0.15) is 23.9 Å². The van der Waals surface area contributed by atoms with Crippen LogP contribution in [-0.4, -0.2) is 38.2 Å². The fourth-order valence-electron chi connectivity index (χ4n) is 3.66. The van der Waals surface area contributed by atoms with Gasteiger partial charge in [-0.3, -0.25) is 9.59 Å². The molecule has 1 aliphatic rings. The average Bonchev–Trinajstić information content (AvgIpc) is 2.81. The standard InChI is InChI=1S/C26H26N2O5/c1-18-7-6-8-19(2)26(18)33-16-24(29)27-20-11-12-23-22(15-20)28(25(30)17-32-23)13-14-31-21-9-4-3-5-10-21/h3-12,15H,13-14,16-17H2,1-2H3,(H,27,29). The first-order chi connectivity index (χ1) is 16.0. The zero-order chi connectivity index (χ0) is 23.2. The summed E-state index contributed by atoms with van der Waals surface area (Å²) in [6, 6.07) is 20.5. The molecule has 33 heavy (non-hydrogen) atoms. The van der Waals surface area contributed by atoms with Crippen LogP contribution >= 0.6 is 0 Å². The molecule has 0 saturated carbocycles. The molecule has 0 bridgehead atoms. The van der Waals surface area contributed by atoms with Gasteiger partial charge in [0, 0.05) is 5.69 Å². The van der Waals surface area contributed by atoms with E-state index in [0.717, 1.165) is 16.9 Å². The van der Waals surface area contributed by atoms with Crippen LogP contribution in [0, 0.1) is 13.8 Å². The maximum absolute atomic E-state index is 12.5. The fraction of sp³-hybridized carbons (Fsp3) is 0.231. The Hall–Kier alpha value is -4.00. The topological polar surface area (TPSA) is 77.1 Å². The van der Waals surface area contributed by atoms with Crippen LogP contribution in [0.4, 0.5) is 11.4 Å². The van der Waals surface area contributed by atoms with Gasteiger partial charge in [-0.2, -0.15) is 0 Å². The van der Waals surface area contributed by atoms with Crippen LogP contribution in [0.3, 0.4) is 0 Å². The van der Waals surface area contributed by atoms with E-state index >= 15 is 0 Å². The average molecular weight is 447 g/mol. The fourth-order valence-corrected chi connectivity index (χ4v) is 3.66. The quantitative estimate of drug-likeness (QED) is 0.563. The third kappa shape index (κ3) is 5.44. The van der Waals surface area contributed by atoms with Crippen molar-refractivity contribution in [2.24, 2.45) is 0 Å². The Morgan fingerprint density at radius 1 is 1.00 bits per heavy atom. The highest BCUT2D eigenvalue weighted by Gasteiger charge is 2.26. The Morgan fingerprint density at radius 2 is 1.76 bits per heavy atom. The van der Waals surface area contributed by atoms with Gasteiger partial charge >= 0.3 is 0 Å². The number of ether oxygens (including phenoxy) is 3. The van der Waals surface area contributed by atoms with E-state index in [1.165, 1.54) is 0 Å². The summed E-state index contributed by atoms with van der Waals surface area (Å²) in [5, 5.41) is 2.83. The van der Waals surface area contributed by atoms with Gasteiger partial charge in [-0.25, -0.2) is 0 Å². The van der Waals surface area contributed by atoms with Crippen LogP contribution in [0.1, 0.15) is 11.1 Å². The van der Waals surface area contributed by atoms with Crippen LogP contribution in [0.2, 0.25) is 0 Å². The molecule has 170 valence electrons. The predicted molar refractivity (Wildman–Crippen MR) is 126 cm³/mol. The first-order valence-corrected chi connectivity index (χ1v) is 10.7.